The number of piperidine rings is 1. The first-order valence-electron chi connectivity index (χ1n) is 5.22. The highest BCUT2D eigenvalue weighted by Gasteiger charge is 2.18. The normalized spacial score (nSPS) is 17.4. The molecule has 0 saturated carbocycles. The molecule has 1 aromatic heterocycles. The van der Waals surface area contributed by atoms with Gasteiger partial charge in [-0.1, -0.05) is 23.2 Å². The Morgan fingerprint density at radius 2 is 2.06 bits per heavy atom. The number of halogens is 2. The first-order chi connectivity index (χ1) is 7.66. The van der Waals surface area contributed by atoms with Gasteiger partial charge in [0, 0.05) is 6.04 Å². The standard InChI is InChI=1S/C10H13Cl2N3O/c11-7-5-8(15-9(7)12)10(16)14-6-1-3-13-4-2-6/h5-6,13,15H,1-4H2,(H,14,16). The number of hydrogen-bond donors (Lipinski definition) is 3. The van der Waals surface area contributed by atoms with Crippen LogP contribution in [0.15, 0.2) is 6.07 Å². The van der Waals surface area contributed by atoms with Crippen LogP contribution >= 0.6 is 23.2 Å². The number of rotatable bonds is 2. The fourth-order valence-electron chi connectivity index (χ4n) is 1.76. The summed E-state index contributed by atoms with van der Waals surface area (Å²) in [5.41, 5.74) is 0.411. The molecule has 2 rings (SSSR count). The molecule has 6 heteroatoms. The number of hydrogen-bond acceptors (Lipinski definition) is 2. The third-order valence-corrected chi connectivity index (χ3v) is 3.34. The Labute approximate surface area is 104 Å². The summed E-state index contributed by atoms with van der Waals surface area (Å²) in [6, 6.07) is 1.77. The second kappa shape index (κ2) is 5.08. The molecule has 0 bridgehead atoms. The molecular weight excluding hydrogens is 249 g/mol. The lowest BCUT2D eigenvalue weighted by molar-refractivity contribution is 0.0925. The zero-order chi connectivity index (χ0) is 11.5. The third kappa shape index (κ3) is 2.70. The summed E-state index contributed by atoms with van der Waals surface area (Å²) in [7, 11) is 0. The van der Waals surface area contributed by atoms with Crippen LogP contribution in [0.5, 0.6) is 0 Å². The Bertz CT molecular complexity index is 366. The minimum atomic E-state index is -0.152. The summed E-state index contributed by atoms with van der Waals surface area (Å²) < 4.78 is 0. The number of carbonyl (C=O) groups excluding carboxylic acids is 1. The molecule has 2 heterocycles. The van der Waals surface area contributed by atoms with E-state index in [1.165, 1.54) is 0 Å². The first-order valence-corrected chi connectivity index (χ1v) is 5.98. The van der Waals surface area contributed by atoms with Crippen molar-refractivity contribution in [2.75, 3.05) is 13.1 Å². The van der Waals surface area contributed by atoms with Gasteiger partial charge in [0.15, 0.2) is 0 Å². The largest absolute Gasteiger partial charge is 0.348 e. The summed E-state index contributed by atoms with van der Waals surface area (Å²) in [4.78, 5) is 14.5. The van der Waals surface area contributed by atoms with E-state index in [9.17, 15) is 4.79 Å². The van der Waals surface area contributed by atoms with Gasteiger partial charge in [0.1, 0.15) is 10.8 Å². The molecule has 1 aliphatic heterocycles. The quantitative estimate of drug-likeness (QED) is 0.761. The van der Waals surface area contributed by atoms with E-state index in [0.717, 1.165) is 25.9 Å². The third-order valence-electron chi connectivity index (χ3n) is 2.64. The summed E-state index contributed by atoms with van der Waals surface area (Å²) >= 11 is 11.5. The van der Waals surface area contributed by atoms with Crippen molar-refractivity contribution >= 4 is 29.1 Å². The number of aromatic amines is 1. The Morgan fingerprint density at radius 3 is 2.62 bits per heavy atom. The molecule has 16 heavy (non-hydrogen) atoms. The molecule has 1 fully saturated rings. The highest BCUT2D eigenvalue weighted by atomic mass is 35.5. The Morgan fingerprint density at radius 1 is 1.38 bits per heavy atom. The number of amides is 1. The van der Waals surface area contributed by atoms with Crippen molar-refractivity contribution in [3.05, 3.63) is 21.9 Å². The number of carbonyl (C=O) groups is 1. The summed E-state index contributed by atoms with van der Waals surface area (Å²) in [5, 5.41) is 6.86. The van der Waals surface area contributed by atoms with Crippen LogP contribution in [0.1, 0.15) is 23.3 Å². The van der Waals surface area contributed by atoms with Crippen LogP contribution in [-0.4, -0.2) is 30.0 Å². The van der Waals surface area contributed by atoms with Gasteiger partial charge in [-0.3, -0.25) is 4.79 Å². The van der Waals surface area contributed by atoms with Crippen molar-refractivity contribution in [3.8, 4) is 0 Å². The number of H-pyrrole nitrogens is 1. The fraction of sp³-hybridized carbons (Fsp3) is 0.500. The predicted octanol–water partition coefficient (Wildman–Crippen LogP) is 1.80. The van der Waals surface area contributed by atoms with E-state index in [4.69, 9.17) is 23.2 Å². The summed E-state index contributed by atoms with van der Waals surface area (Å²) in [6.07, 6.45) is 1.90. The van der Waals surface area contributed by atoms with Crippen LogP contribution < -0.4 is 10.6 Å². The van der Waals surface area contributed by atoms with Crippen molar-refractivity contribution in [1.82, 2.24) is 15.6 Å². The van der Waals surface area contributed by atoms with E-state index < -0.39 is 0 Å². The van der Waals surface area contributed by atoms with Crippen LogP contribution in [0.3, 0.4) is 0 Å². The van der Waals surface area contributed by atoms with Gasteiger partial charge in [-0.15, -0.1) is 0 Å². The highest BCUT2D eigenvalue weighted by molar-refractivity contribution is 6.41. The van der Waals surface area contributed by atoms with Crippen LogP contribution in [-0.2, 0) is 0 Å². The second-order valence-electron chi connectivity index (χ2n) is 3.84. The summed E-state index contributed by atoms with van der Waals surface area (Å²) in [5.74, 6) is -0.152. The van der Waals surface area contributed by atoms with Crippen molar-refractivity contribution < 1.29 is 4.79 Å². The molecule has 4 nitrogen and oxygen atoms in total. The Kier molecular flexibility index (Phi) is 3.74. The molecule has 0 radical (unpaired) electrons. The van der Waals surface area contributed by atoms with E-state index in [-0.39, 0.29) is 11.9 Å². The molecule has 1 aliphatic rings. The minimum Gasteiger partial charge on any atom is -0.348 e. The van der Waals surface area contributed by atoms with Crippen LogP contribution in [0, 0.1) is 0 Å². The molecule has 0 atom stereocenters. The molecule has 1 amide bonds. The maximum Gasteiger partial charge on any atom is 0.268 e. The van der Waals surface area contributed by atoms with Crippen molar-refractivity contribution in [2.24, 2.45) is 0 Å². The molecule has 0 unspecified atom stereocenters. The zero-order valence-corrected chi connectivity index (χ0v) is 10.2. The molecule has 0 spiro atoms. The maximum atomic E-state index is 11.8. The van der Waals surface area contributed by atoms with Crippen LogP contribution in [0.4, 0.5) is 0 Å². The zero-order valence-electron chi connectivity index (χ0n) is 8.65. The molecule has 0 aliphatic carbocycles. The molecular formula is C10H13Cl2N3O. The molecule has 3 N–H and O–H groups in total. The topological polar surface area (TPSA) is 56.9 Å². The SMILES string of the molecule is O=C(NC1CCNCC1)c1cc(Cl)c(Cl)[nH]1. The number of nitrogens with one attached hydrogen (secondary N) is 3. The van der Waals surface area contributed by atoms with E-state index in [1.54, 1.807) is 6.07 Å². The van der Waals surface area contributed by atoms with Crippen molar-refractivity contribution in [1.29, 1.82) is 0 Å². The highest BCUT2D eigenvalue weighted by Crippen LogP contribution is 2.21. The van der Waals surface area contributed by atoms with E-state index >= 15 is 0 Å². The average molecular weight is 262 g/mol. The minimum absolute atomic E-state index is 0.152. The van der Waals surface area contributed by atoms with Gasteiger partial charge in [-0.2, -0.15) is 0 Å². The lowest BCUT2D eigenvalue weighted by Crippen LogP contribution is -2.42. The second-order valence-corrected chi connectivity index (χ2v) is 4.63. The monoisotopic (exact) mass is 261 g/mol. The molecule has 1 saturated heterocycles. The van der Waals surface area contributed by atoms with Gasteiger partial charge >= 0.3 is 0 Å². The summed E-state index contributed by atoms with van der Waals surface area (Å²) in [6.45, 7) is 1.88. The van der Waals surface area contributed by atoms with Crippen molar-refractivity contribution in [3.63, 3.8) is 0 Å². The molecule has 88 valence electrons. The Balaban J connectivity index is 1.96. The van der Waals surface area contributed by atoms with Gasteiger partial charge in [-0.25, -0.2) is 0 Å². The lowest BCUT2D eigenvalue weighted by Gasteiger charge is -2.23. The van der Waals surface area contributed by atoms with Gasteiger partial charge in [0.05, 0.1) is 5.02 Å². The fourth-order valence-corrected chi connectivity index (χ4v) is 2.07. The van der Waals surface area contributed by atoms with Gasteiger partial charge in [0.25, 0.3) is 5.91 Å². The van der Waals surface area contributed by atoms with Crippen LogP contribution in [0.25, 0.3) is 0 Å². The van der Waals surface area contributed by atoms with Gasteiger partial charge in [-0.05, 0) is 32.0 Å². The van der Waals surface area contributed by atoms with E-state index in [2.05, 4.69) is 15.6 Å². The van der Waals surface area contributed by atoms with Gasteiger partial charge in [0.2, 0.25) is 0 Å². The van der Waals surface area contributed by atoms with E-state index in [1.807, 2.05) is 0 Å². The molecule has 0 aromatic carbocycles. The number of aromatic nitrogens is 1. The van der Waals surface area contributed by atoms with Gasteiger partial charge < -0.3 is 15.6 Å². The smallest absolute Gasteiger partial charge is 0.268 e. The first kappa shape index (κ1) is 11.8. The predicted molar refractivity (Wildman–Crippen MR) is 64.2 cm³/mol. The van der Waals surface area contributed by atoms with Crippen molar-refractivity contribution in [2.45, 2.75) is 18.9 Å². The average Bonchev–Trinajstić information content (AvgIpc) is 2.61. The lowest BCUT2D eigenvalue weighted by atomic mass is 10.1. The maximum absolute atomic E-state index is 11.8. The Hall–Kier alpha value is -0.710. The molecule has 1 aromatic rings. The van der Waals surface area contributed by atoms with Crippen LogP contribution in [0.2, 0.25) is 10.2 Å². The van der Waals surface area contributed by atoms with E-state index in [0.29, 0.717) is 15.9 Å².